The van der Waals surface area contributed by atoms with Gasteiger partial charge in [0.05, 0.1) is 18.5 Å². The molecule has 1 aromatic carbocycles. The second-order valence-corrected chi connectivity index (χ2v) is 5.76. The minimum Gasteiger partial charge on any atom is -0.381 e. The largest absolute Gasteiger partial charge is 0.381 e. The molecule has 7 heteroatoms. The van der Waals surface area contributed by atoms with E-state index in [9.17, 15) is 4.79 Å². The zero-order chi connectivity index (χ0) is 16.1. The van der Waals surface area contributed by atoms with Crippen LogP contribution >= 0.6 is 0 Å². The van der Waals surface area contributed by atoms with Gasteiger partial charge in [-0.05, 0) is 25.0 Å². The smallest absolute Gasteiger partial charge is 0.322 e. The monoisotopic (exact) mass is 315 g/mol. The number of nitrogens with one attached hydrogen (secondary N) is 1. The molecule has 0 aliphatic carbocycles. The lowest BCUT2D eigenvalue weighted by Gasteiger charge is -2.27. The van der Waals surface area contributed by atoms with Gasteiger partial charge in [-0.25, -0.2) is 4.79 Å². The minimum atomic E-state index is -0.171. The molecule has 2 amide bonds. The van der Waals surface area contributed by atoms with E-state index in [4.69, 9.17) is 4.74 Å². The first-order valence-corrected chi connectivity index (χ1v) is 7.80. The molecule has 1 aliphatic rings. The van der Waals surface area contributed by atoms with Crippen molar-refractivity contribution in [2.75, 3.05) is 32.1 Å². The van der Waals surface area contributed by atoms with Crippen LogP contribution in [-0.2, 0) is 4.74 Å². The van der Waals surface area contributed by atoms with E-state index in [1.807, 2.05) is 30.3 Å². The average Bonchev–Trinajstić information content (AvgIpc) is 3.04. The summed E-state index contributed by atoms with van der Waals surface area (Å²) >= 11 is 0. The predicted octanol–water partition coefficient (Wildman–Crippen LogP) is 2.16. The molecule has 1 aromatic heterocycles. The fraction of sp³-hybridized carbons (Fsp3) is 0.438. The number of carbonyl (C=O) groups excluding carboxylic acids is 1. The first-order chi connectivity index (χ1) is 11.2. The second kappa shape index (κ2) is 7.23. The zero-order valence-corrected chi connectivity index (χ0v) is 13.2. The van der Waals surface area contributed by atoms with Crippen LogP contribution in [-0.4, -0.2) is 52.7 Å². The number of benzene rings is 1. The summed E-state index contributed by atoms with van der Waals surface area (Å²) in [5.74, 6) is 0.949. The Morgan fingerprint density at radius 3 is 3.00 bits per heavy atom. The molecule has 1 unspecified atom stereocenters. The Balaban J connectivity index is 1.63. The van der Waals surface area contributed by atoms with Crippen LogP contribution < -0.4 is 5.32 Å². The van der Waals surface area contributed by atoms with Gasteiger partial charge >= 0.3 is 6.03 Å². The van der Waals surface area contributed by atoms with Crippen molar-refractivity contribution >= 4 is 11.8 Å². The number of hydrogen-bond acceptors (Lipinski definition) is 4. The van der Waals surface area contributed by atoms with Crippen LogP contribution in [0.2, 0.25) is 0 Å². The number of ether oxygens (including phenoxy) is 1. The molecule has 1 aliphatic heterocycles. The van der Waals surface area contributed by atoms with Crippen molar-refractivity contribution < 1.29 is 9.53 Å². The normalized spacial score (nSPS) is 17.7. The molecule has 7 nitrogen and oxygen atoms in total. The third-order valence-corrected chi connectivity index (χ3v) is 3.92. The van der Waals surface area contributed by atoms with Gasteiger partial charge in [0.1, 0.15) is 0 Å². The molecular weight excluding hydrogens is 294 g/mol. The SMILES string of the molecule is CN(CC1CCCOC1)C(=O)Nc1cnnn1-c1ccccc1. The Labute approximate surface area is 135 Å². The summed E-state index contributed by atoms with van der Waals surface area (Å²) in [4.78, 5) is 14.1. The van der Waals surface area contributed by atoms with Crippen LogP contribution in [0.4, 0.5) is 10.6 Å². The zero-order valence-electron chi connectivity index (χ0n) is 13.2. The van der Waals surface area contributed by atoms with Gasteiger partial charge in [0.2, 0.25) is 0 Å². The predicted molar refractivity (Wildman–Crippen MR) is 86.6 cm³/mol. The van der Waals surface area contributed by atoms with Crippen molar-refractivity contribution in [3.63, 3.8) is 0 Å². The number of hydrogen-bond donors (Lipinski definition) is 1. The highest BCUT2D eigenvalue weighted by atomic mass is 16.5. The van der Waals surface area contributed by atoms with E-state index in [-0.39, 0.29) is 6.03 Å². The molecule has 1 fully saturated rings. The Kier molecular flexibility index (Phi) is 4.87. The first-order valence-electron chi connectivity index (χ1n) is 7.80. The summed E-state index contributed by atoms with van der Waals surface area (Å²) in [5, 5.41) is 10.8. The van der Waals surface area contributed by atoms with E-state index in [0.717, 1.165) is 31.7 Å². The summed E-state index contributed by atoms with van der Waals surface area (Å²) < 4.78 is 7.07. The maximum Gasteiger partial charge on any atom is 0.322 e. The number of carbonyl (C=O) groups is 1. The van der Waals surface area contributed by atoms with Gasteiger partial charge in [-0.3, -0.25) is 5.32 Å². The van der Waals surface area contributed by atoms with Gasteiger partial charge in [-0.2, -0.15) is 4.68 Å². The standard InChI is InChI=1S/C16H21N5O2/c1-20(11-13-6-5-9-23-12-13)16(22)18-15-10-17-19-21(15)14-7-3-2-4-8-14/h2-4,7-8,10,13H,5-6,9,11-12H2,1H3,(H,18,22). The number of urea groups is 1. The van der Waals surface area contributed by atoms with Crippen LogP contribution in [0, 0.1) is 5.92 Å². The van der Waals surface area contributed by atoms with E-state index in [1.54, 1.807) is 22.8 Å². The Bertz CT molecular complexity index is 637. The number of rotatable bonds is 4. The summed E-state index contributed by atoms with van der Waals surface area (Å²) in [7, 11) is 1.79. The van der Waals surface area contributed by atoms with Gasteiger partial charge in [-0.15, -0.1) is 5.10 Å². The highest BCUT2D eigenvalue weighted by molar-refractivity contribution is 5.88. The molecule has 0 spiro atoms. The number of amides is 2. The molecule has 0 bridgehead atoms. The number of anilines is 1. The van der Waals surface area contributed by atoms with Crippen molar-refractivity contribution in [3.05, 3.63) is 36.5 Å². The van der Waals surface area contributed by atoms with E-state index in [1.165, 1.54) is 0 Å². The molecule has 2 heterocycles. The fourth-order valence-corrected chi connectivity index (χ4v) is 2.71. The third kappa shape index (κ3) is 3.87. The number of nitrogens with zero attached hydrogens (tertiary/aromatic N) is 4. The van der Waals surface area contributed by atoms with Gasteiger partial charge in [0, 0.05) is 26.1 Å². The minimum absolute atomic E-state index is 0.171. The summed E-state index contributed by atoms with van der Waals surface area (Å²) in [6.45, 7) is 2.23. The first kappa shape index (κ1) is 15.5. The highest BCUT2D eigenvalue weighted by Gasteiger charge is 2.19. The fourth-order valence-electron chi connectivity index (χ4n) is 2.71. The van der Waals surface area contributed by atoms with Crippen LogP contribution in [0.1, 0.15) is 12.8 Å². The Morgan fingerprint density at radius 1 is 1.43 bits per heavy atom. The molecule has 0 radical (unpaired) electrons. The van der Waals surface area contributed by atoms with Gasteiger partial charge in [0.15, 0.2) is 5.82 Å². The number of para-hydroxylation sites is 1. The van der Waals surface area contributed by atoms with Gasteiger partial charge in [0.25, 0.3) is 0 Å². The molecule has 122 valence electrons. The lowest BCUT2D eigenvalue weighted by atomic mass is 10.0. The molecule has 1 saturated heterocycles. The quantitative estimate of drug-likeness (QED) is 0.938. The van der Waals surface area contributed by atoms with Crippen molar-refractivity contribution in [2.45, 2.75) is 12.8 Å². The summed E-state index contributed by atoms with van der Waals surface area (Å²) in [6.07, 6.45) is 3.70. The Hall–Kier alpha value is -2.41. The average molecular weight is 315 g/mol. The van der Waals surface area contributed by atoms with E-state index >= 15 is 0 Å². The van der Waals surface area contributed by atoms with Gasteiger partial charge < -0.3 is 9.64 Å². The molecular formula is C16H21N5O2. The Morgan fingerprint density at radius 2 is 2.26 bits per heavy atom. The van der Waals surface area contributed by atoms with E-state index in [0.29, 0.717) is 18.3 Å². The molecule has 1 N–H and O–H groups in total. The topological polar surface area (TPSA) is 72.3 Å². The summed E-state index contributed by atoms with van der Waals surface area (Å²) in [6, 6.07) is 9.41. The van der Waals surface area contributed by atoms with Crippen molar-refractivity contribution in [2.24, 2.45) is 5.92 Å². The molecule has 2 aromatic rings. The van der Waals surface area contributed by atoms with Crippen LogP contribution in [0.5, 0.6) is 0 Å². The maximum absolute atomic E-state index is 12.4. The van der Waals surface area contributed by atoms with Crippen molar-refractivity contribution in [1.29, 1.82) is 0 Å². The van der Waals surface area contributed by atoms with Crippen LogP contribution in [0.25, 0.3) is 5.69 Å². The van der Waals surface area contributed by atoms with Crippen LogP contribution in [0.3, 0.4) is 0 Å². The maximum atomic E-state index is 12.4. The van der Waals surface area contributed by atoms with E-state index in [2.05, 4.69) is 15.6 Å². The second-order valence-electron chi connectivity index (χ2n) is 5.76. The molecule has 3 rings (SSSR count). The summed E-state index contributed by atoms with van der Waals surface area (Å²) in [5.41, 5.74) is 0.851. The van der Waals surface area contributed by atoms with Gasteiger partial charge in [-0.1, -0.05) is 23.4 Å². The third-order valence-electron chi connectivity index (χ3n) is 3.92. The highest BCUT2D eigenvalue weighted by Crippen LogP contribution is 2.16. The number of aromatic nitrogens is 3. The van der Waals surface area contributed by atoms with Crippen molar-refractivity contribution in [1.82, 2.24) is 19.9 Å². The lowest BCUT2D eigenvalue weighted by Crippen LogP contribution is -2.38. The van der Waals surface area contributed by atoms with Crippen LogP contribution in [0.15, 0.2) is 36.5 Å². The van der Waals surface area contributed by atoms with E-state index < -0.39 is 0 Å². The van der Waals surface area contributed by atoms with Crippen molar-refractivity contribution in [3.8, 4) is 5.69 Å². The molecule has 0 saturated carbocycles. The lowest BCUT2D eigenvalue weighted by molar-refractivity contribution is 0.0464. The molecule has 1 atom stereocenters. The molecule has 23 heavy (non-hydrogen) atoms.